The summed E-state index contributed by atoms with van der Waals surface area (Å²) in [4.78, 5) is 41.1. The lowest BCUT2D eigenvalue weighted by Gasteiger charge is -2.33. The van der Waals surface area contributed by atoms with E-state index in [1.807, 2.05) is 12.1 Å². The van der Waals surface area contributed by atoms with Gasteiger partial charge in [0.1, 0.15) is 6.10 Å². The van der Waals surface area contributed by atoms with Crippen LogP contribution in [0.15, 0.2) is 58.1 Å². The minimum atomic E-state index is -0.512. The van der Waals surface area contributed by atoms with Gasteiger partial charge in [-0.2, -0.15) is 0 Å². The smallest absolute Gasteiger partial charge is 0.328 e. The Hall–Kier alpha value is -2.90. The maximum absolute atomic E-state index is 12.8. The lowest BCUT2D eigenvalue weighted by molar-refractivity contribution is -0.139. The fraction of sp³-hybridized carbons (Fsp3) is 0.286. The number of rotatable bonds is 4. The van der Waals surface area contributed by atoms with E-state index in [1.165, 1.54) is 4.57 Å². The minimum absolute atomic E-state index is 0.0607. The number of hydrogen-bond acceptors (Lipinski definition) is 4. The number of halogens is 1. The van der Waals surface area contributed by atoms with Gasteiger partial charge in [-0.1, -0.05) is 35.9 Å². The highest BCUT2D eigenvalue weighted by Gasteiger charge is 2.25. The summed E-state index contributed by atoms with van der Waals surface area (Å²) in [5, 5.41) is 1.07. The molecule has 0 spiro atoms. The monoisotopic (exact) mass is 413 g/mol. The molecule has 1 aliphatic heterocycles. The number of carbonyl (C=O) groups is 1. The summed E-state index contributed by atoms with van der Waals surface area (Å²) >= 11 is 5.94. The molecule has 1 fully saturated rings. The van der Waals surface area contributed by atoms with Gasteiger partial charge in [0.05, 0.1) is 24.1 Å². The molecule has 1 atom stereocenters. The molecule has 7 nitrogen and oxygen atoms in total. The minimum Gasteiger partial charge on any atom is -0.370 e. The van der Waals surface area contributed by atoms with Crippen molar-refractivity contribution >= 4 is 28.4 Å². The third-order valence-corrected chi connectivity index (χ3v) is 5.37. The molecule has 150 valence electrons. The lowest BCUT2D eigenvalue weighted by atomic mass is 10.1. The maximum Gasteiger partial charge on any atom is 0.328 e. The SMILES string of the molecule is O=C(CCn1c(=O)[nH]c(=O)c2ccccc21)N1CCOC(c2ccc(Cl)cc2)C1. The standard InChI is InChI=1S/C21H20ClN3O4/c22-15-7-5-14(6-8-15)18-13-24(11-12-29-18)19(26)9-10-25-17-4-2-1-3-16(17)20(27)23-21(25)28/h1-8,18H,9-13H2,(H,23,27,28). The molecule has 1 aliphatic rings. The molecule has 0 radical (unpaired) electrons. The largest absolute Gasteiger partial charge is 0.370 e. The average molecular weight is 414 g/mol. The Morgan fingerprint density at radius 3 is 2.69 bits per heavy atom. The van der Waals surface area contributed by atoms with E-state index in [0.717, 1.165) is 5.56 Å². The second-order valence-electron chi connectivity index (χ2n) is 6.93. The van der Waals surface area contributed by atoms with E-state index in [-0.39, 0.29) is 25.0 Å². The molecule has 1 unspecified atom stereocenters. The van der Waals surface area contributed by atoms with E-state index >= 15 is 0 Å². The molecule has 1 N–H and O–H groups in total. The average Bonchev–Trinajstić information content (AvgIpc) is 2.74. The molecule has 0 aliphatic carbocycles. The molecule has 1 saturated heterocycles. The first-order valence-corrected chi connectivity index (χ1v) is 9.77. The molecule has 0 bridgehead atoms. The van der Waals surface area contributed by atoms with Crippen LogP contribution >= 0.6 is 11.6 Å². The van der Waals surface area contributed by atoms with Crippen molar-refractivity contribution in [1.82, 2.24) is 14.5 Å². The molecule has 1 amide bonds. The summed E-state index contributed by atoms with van der Waals surface area (Å²) in [7, 11) is 0. The highest BCUT2D eigenvalue weighted by molar-refractivity contribution is 6.30. The third kappa shape index (κ3) is 4.11. The van der Waals surface area contributed by atoms with Crippen LogP contribution in [0.4, 0.5) is 0 Å². The van der Waals surface area contributed by atoms with Crippen molar-refractivity contribution in [3.05, 3.63) is 80.0 Å². The van der Waals surface area contributed by atoms with Crippen LogP contribution < -0.4 is 11.2 Å². The Kier molecular flexibility index (Phi) is 5.51. The zero-order valence-electron chi connectivity index (χ0n) is 15.6. The fourth-order valence-corrected chi connectivity index (χ4v) is 3.71. The van der Waals surface area contributed by atoms with E-state index in [2.05, 4.69) is 4.98 Å². The Morgan fingerprint density at radius 1 is 1.14 bits per heavy atom. The Morgan fingerprint density at radius 2 is 1.90 bits per heavy atom. The third-order valence-electron chi connectivity index (χ3n) is 5.12. The van der Waals surface area contributed by atoms with Crippen molar-refractivity contribution in [3.8, 4) is 0 Å². The van der Waals surface area contributed by atoms with Gasteiger partial charge >= 0.3 is 5.69 Å². The van der Waals surface area contributed by atoms with E-state index in [1.54, 1.807) is 41.3 Å². The highest BCUT2D eigenvalue weighted by Crippen LogP contribution is 2.24. The van der Waals surface area contributed by atoms with Gasteiger partial charge in [0, 0.05) is 24.5 Å². The van der Waals surface area contributed by atoms with E-state index in [4.69, 9.17) is 16.3 Å². The Bertz CT molecular complexity index is 1150. The first kappa shape index (κ1) is 19.4. The van der Waals surface area contributed by atoms with Gasteiger partial charge < -0.3 is 9.64 Å². The number of aryl methyl sites for hydroxylation is 1. The van der Waals surface area contributed by atoms with Crippen molar-refractivity contribution in [3.63, 3.8) is 0 Å². The van der Waals surface area contributed by atoms with Crippen LogP contribution in [0.25, 0.3) is 10.9 Å². The van der Waals surface area contributed by atoms with Crippen molar-refractivity contribution in [2.24, 2.45) is 0 Å². The van der Waals surface area contributed by atoms with Gasteiger partial charge in [0.25, 0.3) is 5.56 Å². The van der Waals surface area contributed by atoms with Gasteiger partial charge in [0.15, 0.2) is 0 Å². The molecule has 2 aromatic carbocycles. The van der Waals surface area contributed by atoms with Crippen molar-refractivity contribution in [2.45, 2.75) is 19.1 Å². The number of amides is 1. The van der Waals surface area contributed by atoms with Gasteiger partial charge in [0.2, 0.25) is 5.91 Å². The molecule has 1 aromatic heterocycles. The molecule has 3 aromatic rings. The van der Waals surface area contributed by atoms with Crippen LogP contribution in [-0.4, -0.2) is 40.1 Å². The van der Waals surface area contributed by atoms with Crippen LogP contribution in [0.1, 0.15) is 18.1 Å². The topological polar surface area (TPSA) is 84.4 Å². The second kappa shape index (κ2) is 8.23. The molecular weight excluding hydrogens is 394 g/mol. The van der Waals surface area contributed by atoms with Crippen LogP contribution in [0, 0.1) is 0 Å². The quantitative estimate of drug-likeness (QED) is 0.711. The summed E-state index contributed by atoms with van der Waals surface area (Å²) in [5.41, 5.74) is 0.555. The van der Waals surface area contributed by atoms with Crippen LogP contribution in [-0.2, 0) is 16.1 Å². The molecular formula is C21H20ClN3O4. The number of benzene rings is 2. The number of hydrogen-bond donors (Lipinski definition) is 1. The van der Waals surface area contributed by atoms with E-state index < -0.39 is 11.2 Å². The van der Waals surface area contributed by atoms with Crippen molar-refractivity contribution in [1.29, 1.82) is 0 Å². The molecule has 2 heterocycles. The van der Waals surface area contributed by atoms with Gasteiger partial charge in [-0.25, -0.2) is 4.79 Å². The zero-order valence-corrected chi connectivity index (χ0v) is 16.4. The number of nitrogens with one attached hydrogen (secondary N) is 1. The molecule has 0 saturated carbocycles. The number of nitrogens with zero attached hydrogens (tertiary/aromatic N) is 2. The number of ether oxygens (including phenoxy) is 1. The number of para-hydroxylation sites is 1. The fourth-order valence-electron chi connectivity index (χ4n) is 3.58. The summed E-state index contributed by atoms with van der Waals surface area (Å²) in [5.74, 6) is -0.0607. The second-order valence-corrected chi connectivity index (χ2v) is 7.37. The summed E-state index contributed by atoms with van der Waals surface area (Å²) < 4.78 is 7.24. The highest BCUT2D eigenvalue weighted by atomic mass is 35.5. The van der Waals surface area contributed by atoms with Crippen LogP contribution in [0.3, 0.4) is 0 Å². The number of H-pyrrole nitrogens is 1. The van der Waals surface area contributed by atoms with Gasteiger partial charge in [-0.05, 0) is 29.8 Å². The van der Waals surface area contributed by atoms with Gasteiger partial charge in [-0.15, -0.1) is 0 Å². The summed E-state index contributed by atoms with van der Waals surface area (Å²) in [6.07, 6.45) is -0.0508. The Balaban J connectivity index is 1.47. The predicted octanol–water partition coefficient (Wildman–Crippen LogP) is 2.33. The van der Waals surface area contributed by atoms with Gasteiger partial charge in [-0.3, -0.25) is 19.1 Å². The predicted molar refractivity (Wildman–Crippen MR) is 110 cm³/mol. The lowest BCUT2D eigenvalue weighted by Crippen LogP contribution is -2.43. The number of aromatic nitrogens is 2. The number of fused-ring (bicyclic) bond motifs is 1. The number of morpholine rings is 1. The Labute approximate surface area is 171 Å². The van der Waals surface area contributed by atoms with Crippen molar-refractivity contribution < 1.29 is 9.53 Å². The summed E-state index contributed by atoms with van der Waals surface area (Å²) in [6, 6.07) is 14.3. The van der Waals surface area contributed by atoms with Crippen molar-refractivity contribution in [2.75, 3.05) is 19.7 Å². The maximum atomic E-state index is 12.8. The zero-order chi connectivity index (χ0) is 20.4. The van der Waals surface area contributed by atoms with Crippen LogP contribution in [0.5, 0.6) is 0 Å². The summed E-state index contributed by atoms with van der Waals surface area (Å²) in [6.45, 7) is 1.59. The van der Waals surface area contributed by atoms with E-state index in [9.17, 15) is 14.4 Å². The van der Waals surface area contributed by atoms with E-state index in [0.29, 0.717) is 35.6 Å². The first-order valence-electron chi connectivity index (χ1n) is 9.39. The normalized spacial score (nSPS) is 16.9. The van der Waals surface area contributed by atoms with Crippen LogP contribution in [0.2, 0.25) is 5.02 Å². The molecule has 8 heteroatoms. The number of aromatic amines is 1. The first-order chi connectivity index (χ1) is 14.0. The number of carbonyl (C=O) groups excluding carboxylic acids is 1. The molecule has 4 rings (SSSR count). The molecule has 29 heavy (non-hydrogen) atoms.